The Morgan fingerprint density at radius 2 is 1.91 bits per heavy atom. The van der Waals surface area contributed by atoms with Crippen molar-refractivity contribution in [2.75, 3.05) is 36.5 Å². The summed E-state index contributed by atoms with van der Waals surface area (Å²) in [5.74, 6) is 1.62. The summed E-state index contributed by atoms with van der Waals surface area (Å²) in [4.78, 5) is 17.7. The van der Waals surface area contributed by atoms with Gasteiger partial charge in [-0.3, -0.25) is 4.79 Å². The predicted molar refractivity (Wildman–Crippen MR) is 134 cm³/mol. The molecule has 0 unspecified atom stereocenters. The average molecular weight is 468 g/mol. The molecule has 0 bridgehead atoms. The molecule has 2 aliphatic rings. The Hall–Kier alpha value is -4.17. The standard InChI is InChI=1S/C27H25N5O3/c33-26-15-22(32-8-10-34-11-9-32)14-24(31-26)23-3-1-2-19-12-20-13-21(4-5-25(20)35-27(19)23)28-16-18-6-7-29-30-17-18/h1-7,13-15,17,28H,8-12,16H2,(H,31,33). The third-order valence-electron chi connectivity index (χ3n) is 6.39. The Morgan fingerprint density at radius 1 is 1.00 bits per heavy atom. The van der Waals surface area contributed by atoms with Crippen molar-refractivity contribution in [2.24, 2.45) is 0 Å². The van der Waals surface area contributed by atoms with Crippen LogP contribution in [0.25, 0.3) is 11.3 Å². The largest absolute Gasteiger partial charge is 0.456 e. The third kappa shape index (κ3) is 4.48. The lowest BCUT2D eigenvalue weighted by Gasteiger charge is -2.29. The fraction of sp³-hybridized carbons (Fsp3) is 0.222. The van der Waals surface area contributed by atoms with Crippen molar-refractivity contribution in [3.63, 3.8) is 0 Å². The van der Waals surface area contributed by atoms with Crippen LogP contribution in [-0.2, 0) is 17.7 Å². The molecule has 8 nitrogen and oxygen atoms in total. The number of rotatable bonds is 5. The van der Waals surface area contributed by atoms with Crippen LogP contribution in [0.2, 0.25) is 0 Å². The second-order valence-corrected chi connectivity index (χ2v) is 8.72. The van der Waals surface area contributed by atoms with Crippen molar-refractivity contribution in [2.45, 2.75) is 13.0 Å². The van der Waals surface area contributed by atoms with Crippen molar-refractivity contribution in [1.82, 2.24) is 15.2 Å². The number of nitrogens with one attached hydrogen (secondary N) is 2. The predicted octanol–water partition coefficient (Wildman–Crippen LogP) is 3.98. The van der Waals surface area contributed by atoms with E-state index in [1.165, 1.54) is 0 Å². The Morgan fingerprint density at radius 3 is 2.77 bits per heavy atom. The molecule has 2 N–H and O–H groups in total. The van der Waals surface area contributed by atoms with Crippen LogP contribution in [0.3, 0.4) is 0 Å². The van der Waals surface area contributed by atoms with Gasteiger partial charge in [-0.25, -0.2) is 0 Å². The fourth-order valence-electron chi connectivity index (χ4n) is 4.60. The van der Waals surface area contributed by atoms with Crippen LogP contribution >= 0.6 is 0 Å². The lowest BCUT2D eigenvalue weighted by molar-refractivity contribution is 0.122. The molecule has 0 amide bonds. The van der Waals surface area contributed by atoms with Crippen molar-refractivity contribution in [3.8, 4) is 22.8 Å². The number of H-pyrrole nitrogens is 1. The Balaban J connectivity index is 1.27. The molecule has 0 radical (unpaired) electrons. The summed E-state index contributed by atoms with van der Waals surface area (Å²) in [6.45, 7) is 3.54. The highest BCUT2D eigenvalue weighted by Gasteiger charge is 2.22. The lowest BCUT2D eigenvalue weighted by atomic mass is 9.96. The molecular weight excluding hydrogens is 442 g/mol. The molecule has 2 aliphatic heterocycles. The van der Waals surface area contributed by atoms with Gasteiger partial charge in [-0.15, -0.1) is 0 Å². The van der Waals surface area contributed by atoms with E-state index in [4.69, 9.17) is 9.47 Å². The van der Waals surface area contributed by atoms with E-state index in [0.717, 1.165) is 70.3 Å². The number of hydrogen-bond acceptors (Lipinski definition) is 7. The number of aromatic nitrogens is 3. The van der Waals surface area contributed by atoms with Crippen LogP contribution in [0.1, 0.15) is 16.7 Å². The number of aromatic amines is 1. The van der Waals surface area contributed by atoms with E-state index in [9.17, 15) is 4.79 Å². The number of hydrogen-bond donors (Lipinski definition) is 2. The zero-order chi connectivity index (χ0) is 23.6. The van der Waals surface area contributed by atoms with Gasteiger partial charge in [0.2, 0.25) is 5.56 Å². The molecule has 6 rings (SSSR count). The molecule has 0 aliphatic carbocycles. The number of nitrogens with zero attached hydrogens (tertiary/aromatic N) is 3. The fourth-order valence-corrected chi connectivity index (χ4v) is 4.60. The van der Waals surface area contributed by atoms with E-state index < -0.39 is 0 Å². The summed E-state index contributed by atoms with van der Waals surface area (Å²) < 4.78 is 11.9. The van der Waals surface area contributed by atoms with Crippen LogP contribution in [0.5, 0.6) is 11.5 Å². The maximum absolute atomic E-state index is 12.5. The highest BCUT2D eigenvalue weighted by molar-refractivity contribution is 5.74. The number of fused-ring (bicyclic) bond motifs is 2. The van der Waals surface area contributed by atoms with Crippen LogP contribution < -0.4 is 20.5 Å². The first-order valence-corrected chi connectivity index (χ1v) is 11.7. The molecule has 176 valence electrons. The van der Waals surface area contributed by atoms with Crippen LogP contribution in [0.15, 0.2) is 71.8 Å². The molecule has 35 heavy (non-hydrogen) atoms. The minimum Gasteiger partial charge on any atom is -0.456 e. The molecule has 0 atom stereocenters. The van der Waals surface area contributed by atoms with E-state index in [2.05, 4.69) is 37.5 Å². The molecule has 4 heterocycles. The van der Waals surface area contributed by atoms with Gasteiger partial charge in [0, 0.05) is 60.8 Å². The van der Waals surface area contributed by atoms with Crippen LogP contribution in [0.4, 0.5) is 11.4 Å². The SMILES string of the molecule is O=c1cc(N2CCOCC2)cc(-c2cccc3c2Oc2ccc(NCc4ccnnc4)cc2C3)[nH]1. The van der Waals surface area contributed by atoms with Gasteiger partial charge in [-0.2, -0.15) is 10.2 Å². The summed E-state index contributed by atoms with van der Waals surface area (Å²) in [5, 5.41) is 11.2. The van der Waals surface area contributed by atoms with Gasteiger partial charge in [-0.1, -0.05) is 12.1 Å². The van der Waals surface area contributed by atoms with Crippen molar-refractivity contribution < 1.29 is 9.47 Å². The Bertz CT molecular complexity index is 1410. The maximum atomic E-state index is 12.5. The second kappa shape index (κ2) is 9.23. The molecule has 8 heteroatoms. The van der Waals surface area contributed by atoms with Crippen LogP contribution in [0, 0.1) is 0 Å². The summed E-state index contributed by atoms with van der Waals surface area (Å²) >= 11 is 0. The number of ether oxygens (including phenoxy) is 2. The molecule has 2 aromatic heterocycles. The molecule has 4 aromatic rings. The summed E-state index contributed by atoms with van der Waals surface area (Å²) in [6.07, 6.45) is 4.19. The molecule has 0 spiro atoms. The van der Waals surface area contributed by atoms with E-state index in [1.807, 2.05) is 36.4 Å². The highest BCUT2D eigenvalue weighted by Crippen LogP contribution is 2.43. The Labute approximate surface area is 202 Å². The summed E-state index contributed by atoms with van der Waals surface area (Å²) in [7, 11) is 0. The van der Waals surface area contributed by atoms with Gasteiger partial charge in [-0.05, 0) is 47.5 Å². The third-order valence-corrected chi connectivity index (χ3v) is 6.39. The normalized spacial score (nSPS) is 14.6. The van der Waals surface area contributed by atoms with Crippen molar-refractivity contribution >= 4 is 11.4 Å². The van der Waals surface area contributed by atoms with Gasteiger partial charge in [0.25, 0.3) is 0 Å². The smallest absolute Gasteiger partial charge is 0.250 e. The monoisotopic (exact) mass is 467 g/mol. The van der Waals surface area contributed by atoms with E-state index in [1.54, 1.807) is 18.5 Å². The molecular formula is C27H25N5O3. The minimum absolute atomic E-state index is 0.127. The van der Waals surface area contributed by atoms with Gasteiger partial charge < -0.3 is 24.7 Å². The van der Waals surface area contributed by atoms with Gasteiger partial charge in [0.05, 0.1) is 25.1 Å². The maximum Gasteiger partial charge on any atom is 0.250 e. The van der Waals surface area contributed by atoms with E-state index >= 15 is 0 Å². The van der Waals surface area contributed by atoms with Gasteiger partial charge >= 0.3 is 0 Å². The number of morpholine rings is 1. The zero-order valence-electron chi connectivity index (χ0n) is 19.2. The Kier molecular flexibility index (Phi) is 5.64. The quantitative estimate of drug-likeness (QED) is 0.404. The zero-order valence-corrected chi connectivity index (χ0v) is 19.2. The first-order chi connectivity index (χ1) is 17.2. The number of para-hydroxylation sites is 1. The molecule has 1 fully saturated rings. The van der Waals surface area contributed by atoms with Crippen molar-refractivity contribution in [3.05, 3.63) is 94.0 Å². The van der Waals surface area contributed by atoms with Crippen LogP contribution in [-0.4, -0.2) is 41.5 Å². The van der Waals surface area contributed by atoms with Gasteiger partial charge in [0.1, 0.15) is 11.5 Å². The minimum atomic E-state index is -0.127. The summed E-state index contributed by atoms with van der Waals surface area (Å²) in [5.41, 5.74) is 6.70. The first kappa shape index (κ1) is 21.4. The molecule has 0 saturated carbocycles. The van der Waals surface area contributed by atoms with Gasteiger partial charge in [0.15, 0.2) is 0 Å². The number of benzene rings is 2. The van der Waals surface area contributed by atoms with E-state index in [-0.39, 0.29) is 5.56 Å². The highest BCUT2D eigenvalue weighted by atomic mass is 16.5. The first-order valence-electron chi connectivity index (χ1n) is 11.7. The number of pyridine rings is 1. The lowest BCUT2D eigenvalue weighted by Crippen LogP contribution is -2.36. The second-order valence-electron chi connectivity index (χ2n) is 8.72. The summed E-state index contributed by atoms with van der Waals surface area (Å²) in [6, 6.07) is 17.8. The number of anilines is 2. The van der Waals surface area contributed by atoms with E-state index in [0.29, 0.717) is 19.8 Å². The van der Waals surface area contributed by atoms with Crippen molar-refractivity contribution in [1.29, 1.82) is 0 Å². The molecule has 2 aromatic carbocycles. The molecule has 1 saturated heterocycles. The average Bonchev–Trinajstić information content (AvgIpc) is 2.91. The topological polar surface area (TPSA) is 92.4 Å².